The molecule has 3 N–H and O–H groups in total. The molecular weight excluding hydrogens is 1330 g/mol. The van der Waals surface area contributed by atoms with Gasteiger partial charge in [0.1, 0.15) is 19.3 Å². The van der Waals surface area contributed by atoms with E-state index in [1.165, 1.54) is 122 Å². The Kier molecular flexibility index (Phi) is 72.3. The third kappa shape index (κ3) is 74.3. The van der Waals surface area contributed by atoms with Crippen LogP contribution in [0.25, 0.3) is 0 Å². The number of phosphoric ester groups is 2. The van der Waals surface area contributed by atoms with Crippen LogP contribution in [0.2, 0.25) is 0 Å². The topological polar surface area (TPSA) is 237 Å². The van der Waals surface area contributed by atoms with Gasteiger partial charge in [-0.25, -0.2) is 9.13 Å². The summed E-state index contributed by atoms with van der Waals surface area (Å²) in [6, 6.07) is 0. The maximum Gasteiger partial charge on any atom is 0.472 e. The normalized spacial score (nSPS) is 14.4. The zero-order chi connectivity index (χ0) is 74.6. The number of ether oxygens (including phenoxy) is 4. The molecule has 0 rings (SSSR count). The molecule has 590 valence electrons. The fourth-order valence-electron chi connectivity index (χ4n) is 10.8. The molecule has 0 saturated heterocycles. The molecule has 0 amide bonds. The third-order valence-electron chi connectivity index (χ3n) is 17.0. The summed E-state index contributed by atoms with van der Waals surface area (Å²) >= 11 is 0. The highest BCUT2D eigenvalue weighted by Crippen LogP contribution is 2.45. The molecule has 0 heterocycles. The minimum atomic E-state index is -4.99. The van der Waals surface area contributed by atoms with Crippen molar-refractivity contribution in [2.24, 2.45) is 0 Å². The number of aliphatic hydroxyl groups is 1. The van der Waals surface area contributed by atoms with E-state index in [0.29, 0.717) is 32.1 Å². The second-order valence-corrected chi connectivity index (χ2v) is 29.9. The monoisotopic (exact) mass is 1480 g/mol. The van der Waals surface area contributed by atoms with Crippen molar-refractivity contribution in [3.8, 4) is 0 Å². The van der Waals surface area contributed by atoms with Gasteiger partial charge in [-0.1, -0.05) is 279 Å². The number of carbonyl (C=O) groups is 4. The number of esters is 4. The summed E-state index contributed by atoms with van der Waals surface area (Å²) in [6.45, 7) is 4.75. The van der Waals surface area contributed by atoms with E-state index in [4.69, 9.17) is 37.0 Å². The lowest BCUT2D eigenvalue weighted by molar-refractivity contribution is -0.161. The van der Waals surface area contributed by atoms with Gasteiger partial charge in [-0.2, -0.15) is 0 Å². The van der Waals surface area contributed by atoms with Crippen LogP contribution in [0, 0.1) is 0 Å². The van der Waals surface area contributed by atoms with E-state index in [0.717, 1.165) is 141 Å². The summed E-state index contributed by atoms with van der Waals surface area (Å²) in [4.78, 5) is 73.0. The maximum absolute atomic E-state index is 13.1. The Morgan fingerprint density at radius 3 is 0.833 bits per heavy atom. The molecule has 17 nitrogen and oxygen atoms in total. The van der Waals surface area contributed by atoms with Crippen LogP contribution in [-0.2, 0) is 65.4 Å². The SMILES string of the molecule is CCCCC/C=C\C/C=C\C/C=C\C/C=C\C/C=C\CCC(=O)OC[C@H](COP(=O)(O)OC[C@@H](O)COP(=O)(O)OC[C@@H](COC(=O)CCCCCCC/C=C\CCCCCCCC)OC(=O)CCCCCCC/C=C\CCCCCCCC)OC(=O)CCCCCCC/C=C\CCCCCC. The standard InChI is InChI=1S/C83H146O17P2/c1-5-9-13-17-21-25-29-33-36-37-38-39-42-45-48-52-56-60-64-68-81(86)94-73-78(99-82(87)69-65-61-57-53-49-43-32-28-24-20-16-12-8-4)75-97-101(89,90)95-71-77(84)72-96-102(91,92)98-76-79(100-83(88)70-66-62-58-54-50-46-41-35-31-27-23-19-15-11-7-3)74-93-80(85)67-63-59-55-51-47-44-40-34-30-26-22-18-14-10-6-2/h21,25,28,32-36,38-41,45,48,56,60,77-79,84H,5-20,22-24,26-27,29-31,37,42-44,46-47,49-55,57-59,61-76H2,1-4H3,(H,89,90)(H,91,92)/b25-21-,32-28-,36-33-,39-38-,40-34-,41-35-,48-45-,60-56-/t77-,78-,79-/m1/s1. The minimum absolute atomic E-state index is 0.0366. The molecule has 0 aliphatic heterocycles. The van der Waals surface area contributed by atoms with Gasteiger partial charge in [0.25, 0.3) is 0 Å². The summed E-state index contributed by atoms with van der Waals surface area (Å²) in [7, 11) is -9.98. The number of rotatable bonds is 76. The van der Waals surface area contributed by atoms with E-state index in [1.54, 1.807) is 0 Å². The van der Waals surface area contributed by atoms with E-state index in [9.17, 15) is 43.2 Å². The second kappa shape index (κ2) is 75.2. The largest absolute Gasteiger partial charge is 0.472 e. The van der Waals surface area contributed by atoms with Crippen LogP contribution < -0.4 is 0 Å². The molecule has 102 heavy (non-hydrogen) atoms. The number of allylic oxidation sites excluding steroid dienone is 16. The third-order valence-corrected chi connectivity index (χ3v) is 18.9. The predicted molar refractivity (Wildman–Crippen MR) is 418 cm³/mol. The molecule has 0 radical (unpaired) electrons. The lowest BCUT2D eigenvalue weighted by atomic mass is 10.1. The Morgan fingerprint density at radius 2 is 0.500 bits per heavy atom. The molecule has 0 fully saturated rings. The van der Waals surface area contributed by atoms with Gasteiger partial charge < -0.3 is 33.8 Å². The first kappa shape index (κ1) is 98.0. The number of hydrogen-bond donors (Lipinski definition) is 3. The van der Waals surface area contributed by atoms with Gasteiger partial charge in [0.05, 0.1) is 26.4 Å². The summed E-state index contributed by atoms with van der Waals surface area (Å²) in [5, 5.41) is 10.6. The average Bonchev–Trinajstić information content (AvgIpc) is 0.908. The minimum Gasteiger partial charge on any atom is -0.462 e. The van der Waals surface area contributed by atoms with Gasteiger partial charge in [0.2, 0.25) is 0 Å². The molecule has 0 aliphatic carbocycles. The van der Waals surface area contributed by atoms with Crippen LogP contribution in [-0.4, -0.2) is 96.7 Å². The zero-order valence-corrected chi connectivity index (χ0v) is 66.3. The van der Waals surface area contributed by atoms with Crippen LogP contribution >= 0.6 is 15.6 Å². The highest BCUT2D eigenvalue weighted by molar-refractivity contribution is 7.47. The fourth-order valence-corrected chi connectivity index (χ4v) is 12.4. The molecule has 19 heteroatoms. The zero-order valence-electron chi connectivity index (χ0n) is 64.5. The molecule has 0 aromatic carbocycles. The van der Waals surface area contributed by atoms with Crippen LogP contribution in [0.5, 0.6) is 0 Å². The van der Waals surface area contributed by atoms with Crippen molar-refractivity contribution in [3.05, 3.63) is 97.2 Å². The number of aliphatic hydroxyl groups excluding tert-OH is 1. The number of hydrogen-bond acceptors (Lipinski definition) is 15. The molecular formula is C83H146O17P2. The first-order valence-electron chi connectivity index (χ1n) is 40.5. The Hall–Kier alpha value is -4.02. The van der Waals surface area contributed by atoms with E-state index in [2.05, 4.69) is 113 Å². The lowest BCUT2D eigenvalue weighted by Gasteiger charge is -2.21. The molecule has 0 aromatic rings. The molecule has 0 bridgehead atoms. The smallest absolute Gasteiger partial charge is 0.462 e. The first-order chi connectivity index (χ1) is 49.7. The Balaban J connectivity index is 5.41. The van der Waals surface area contributed by atoms with E-state index < -0.39 is 97.5 Å². The number of carbonyl (C=O) groups excluding carboxylic acids is 4. The van der Waals surface area contributed by atoms with Gasteiger partial charge in [-0.3, -0.25) is 37.3 Å². The van der Waals surface area contributed by atoms with E-state index in [1.807, 2.05) is 12.2 Å². The second-order valence-electron chi connectivity index (χ2n) is 27.0. The van der Waals surface area contributed by atoms with Gasteiger partial charge >= 0.3 is 39.5 Å². The molecule has 0 aromatic heterocycles. The summed E-state index contributed by atoms with van der Waals surface area (Å²) in [5.41, 5.74) is 0. The van der Waals surface area contributed by atoms with E-state index in [-0.39, 0.29) is 25.7 Å². The van der Waals surface area contributed by atoms with Crippen LogP contribution in [0.15, 0.2) is 97.2 Å². The number of unbranched alkanes of at least 4 members (excludes halogenated alkanes) is 34. The van der Waals surface area contributed by atoms with Crippen molar-refractivity contribution in [3.63, 3.8) is 0 Å². The summed E-state index contributed by atoms with van der Waals surface area (Å²) in [5.74, 6) is -2.28. The predicted octanol–water partition coefficient (Wildman–Crippen LogP) is 23.6. The molecule has 0 saturated carbocycles. The molecule has 0 spiro atoms. The fraction of sp³-hybridized carbons (Fsp3) is 0.759. The quantitative estimate of drug-likeness (QED) is 0.0169. The van der Waals surface area contributed by atoms with Crippen LogP contribution in [0.3, 0.4) is 0 Å². The van der Waals surface area contributed by atoms with Gasteiger partial charge in [0.15, 0.2) is 12.2 Å². The Labute approximate surface area is 620 Å². The van der Waals surface area contributed by atoms with Crippen molar-refractivity contribution in [1.82, 2.24) is 0 Å². The molecule has 2 unspecified atom stereocenters. The van der Waals surface area contributed by atoms with Crippen molar-refractivity contribution in [1.29, 1.82) is 0 Å². The van der Waals surface area contributed by atoms with Crippen LogP contribution in [0.4, 0.5) is 0 Å². The van der Waals surface area contributed by atoms with Gasteiger partial charge in [-0.15, -0.1) is 0 Å². The maximum atomic E-state index is 13.1. The van der Waals surface area contributed by atoms with E-state index >= 15 is 0 Å². The lowest BCUT2D eigenvalue weighted by Crippen LogP contribution is -2.30. The summed E-state index contributed by atoms with van der Waals surface area (Å²) in [6.07, 6.45) is 79.7. The average molecular weight is 1480 g/mol. The molecule has 0 aliphatic rings. The van der Waals surface area contributed by atoms with Crippen molar-refractivity contribution >= 4 is 39.5 Å². The Bertz CT molecular complexity index is 2310. The van der Waals surface area contributed by atoms with Gasteiger partial charge in [0, 0.05) is 25.7 Å². The highest BCUT2D eigenvalue weighted by atomic mass is 31.2. The van der Waals surface area contributed by atoms with Crippen molar-refractivity contribution in [2.45, 2.75) is 367 Å². The van der Waals surface area contributed by atoms with Crippen molar-refractivity contribution < 1.29 is 80.2 Å². The molecule has 5 atom stereocenters. The highest BCUT2D eigenvalue weighted by Gasteiger charge is 2.30. The van der Waals surface area contributed by atoms with Crippen molar-refractivity contribution in [2.75, 3.05) is 39.6 Å². The first-order valence-corrected chi connectivity index (χ1v) is 43.5. The number of phosphoric acid groups is 2. The Morgan fingerprint density at radius 1 is 0.275 bits per heavy atom. The van der Waals surface area contributed by atoms with Crippen LogP contribution in [0.1, 0.15) is 349 Å². The van der Waals surface area contributed by atoms with Gasteiger partial charge in [-0.05, 0) is 141 Å². The summed E-state index contributed by atoms with van der Waals surface area (Å²) < 4.78 is 68.5.